The fourth-order valence-electron chi connectivity index (χ4n) is 3.57. The van der Waals surface area contributed by atoms with Gasteiger partial charge < -0.3 is 42.1 Å². The van der Waals surface area contributed by atoms with Crippen molar-refractivity contribution in [2.75, 3.05) is 6.61 Å². The van der Waals surface area contributed by atoms with E-state index < -0.39 is 60.4 Å². The van der Waals surface area contributed by atoms with Crippen LogP contribution >= 0.6 is 0 Å². The molecule has 0 aliphatic carbocycles. The molecule has 12 heteroatoms. The van der Waals surface area contributed by atoms with E-state index in [1.807, 2.05) is 0 Å². The molecule has 2 aromatic rings. The van der Waals surface area contributed by atoms with Crippen LogP contribution in [0.15, 0.2) is 48.5 Å². The zero-order chi connectivity index (χ0) is 28.4. The number of hydrogen-bond donors (Lipinski definition) is 8. The number of nitrogens with two attached hydrogens (primary N) is 1. The van der Waals surface area contributed by atoms with E-state index >= 15 is 0 Å². The second-order valence-electron chi connectivity index (χ2n) is 9.22. The molecular weight excluding hydrogens is 496 g/mol. The number of carbonyl (C=O) groups is 4. The normalized spacial score (nSPS) is 14.1. The average molecular weight is 531 g/mol. The van der Waals surface area contributed by atoms with E-state index in [1.54, 1.807) is 26.0 Å². The third-order valence-electron chi connectivity index (χ3n) is 5.78. The van der Waals surface area contributed by atoms with Crippen LogP contribution < -0.4 is 21.7 Å². The number of carboxylic acids is 1. The highest BCUT2D eigenvalue weighted by Crippen LogP contribution is 2.13. The first-order valence-corrected chi connectivity index (χ1v) is 12.0. The minimum Gasteiger partial charge on any atom is -0.508 e. The van der Waals surface area contributed by atoms with Crippen molar-refractivity contribution in [1.29, 1.82) is 0 Å². The molecule has 2 rings (SSSR count). The molecule has 0 aromatic heterocycles. The predicted molar refractivity (Wildman–Crippen MR) is 137 cm³/mol. The Morgan fingerprint density at radius 3 is 1.63 bits per heavy atom. The Morgan fingerprint density at radius 2 is 1.18 bits per heavy atom. The molecule has 0 fully saturated rings. The number of nitrogens with one attached hydrogen (secondary N) is 3. The van der Waals surface area contributed by atoms with Gasteiger partial charge in [0.2, 0.25) is 17.7 Å². The third-order valence-corrected chi connectivity index (χ3v) is 5.78. The van der Waals surface area contributed by atoms with Crippen molar-refractivity contribution in [3.63, 3.8) is 0 Å². The van der Waals surface area contributed by atoms with Crippen LogP contribution in [0.3, 0.4) is 0 Å². The van der Waals surface area contributed by atoms with E-state index in [0.29, 0.717) is 11.1 Å². The molecule has 0 spiro atoms. The fraction of sp³-hybridized carbons (Fsp3) is 0.385. The second-order valence-corrected chi connectivity index (χ2v) is 9.22. The number of aliphatic hydroxyl groups is 1. The summed E-state index contributed by atoms with van der Waals surface area (Å²) in [6, 6.07) is 6.94. The number of aliphatic hydroxyl groups excluding tert-OH is 1. The summed E-state index contributed by atoms with van der Waals surface area (Å²) in [6.45, 7) is 2.44. The third kappa shape index (κ3) is 9.05. The monoisotopic (exact) mass is 530 g/mol. The van der Waals surface area contributed by atoms with Crippen molar-refractivity contribution in [3.8, 4) is 11.5 Å². The quantitative estimate of drug-likeness (QED) is 0.166. The number of hydrogen-bond acceptors (Lipinski definition) is 8. The maximum absolute atomic E-state index is 13.0. The standard InChI is InChI=1S/C26H34N4O8/c1-14(2)22(26(37)38)30-24(35)20(12-16-5-9-18(33)10-6-16)28-25(36)21(13-31)29-23(34)19(27)11-15-3-7-17(32)8-4-15/h3-10,14,19-22,31-33H,11-13,27H2,1-2H3,(H,28,36)(H,29,34)(H,30,35)(H,37,38). The van der Waals surface area contributed by atoms with Gasteiger partial charge in [0.15, 0.2) is 0 Å². The van der Waals surface area contributed by atoms with E-state index in [1.165, 1.54) is 36.4 Å². The molecule has 0 bridgehead atoms. The topological polar surface area (TPSA) is 211 Å². The van der Waals surface area contributed by atoms with Gasteiger partial charge in [0, 0.05) is 6.42 Å². The smallest absolute Gasteiger partial charge is 0.326 e. The largest absolute Gasteiger partial charge is 0.508 e. The van der Waals surface area contributed by atoms with E-state index in [4.69, 9.17) is 5.73 Å². The summed E-state index contributed by atoms with van der Waals surface area (Å²) in [7, 11) is 0. The summed E-state index contributed by atoms with van der Waals surface area (Å²) in [6.07, 6.45) is 0.0400. The summed E-state index contributed by atoms with van der Waals surface area (Å²) >= 11 is 0. The molecule has 12 nitrogen and oxygen atoms in total. The van der Waals surface area contributed by atoms with Gasteiger partial charge in [0.1, 0.15) is 29.6 Å². The Bertz CT molecular complexity index is 1110. The zero-order valence-corrected chi connectivity index (χ0v) is 21.1. The lowest BCUT2D eigenvalue weighted by molar-refractivity contribution is -0.143. The van der Waals surface area contributed by atoms with Gasteiger partial charge in [0.05, 0.1) is 12.6 Å². The summed E-state index contributed by atoms with van der Waals surface area (Å²) < 4.78 is 0. The van der Waals surface area contributed by atoms with Crippen molar-refractivity contribution < 1.29 is 39.6 Å². The van der Waals surface area contributed by atoms with Crippen LogP contribution in [0.1, 0.15) is 25.0 Å². The minimum absolute atomic E-state index is 0.00349. The lowest BCUT2D eigenvalue weighted by Crippen LogP contribution is -2.59. The molecule has 4 unspecified atom stereocenters. The van der Waals surface area contributed by atoms with Gasteiger partial charge in [0.25, 0.3) is 0 Å². The van der Waals surface area contributed by atoms with Gasteiger partial charge in [-0.3, -0.25) is 14.4 Å². The molecule has 0 heterocycles. The molecule has 3 amide bonds. The first-order valence-electron chi connectivity index (χ1n) is 12.0. The summed E-state index contributed by atoms with van der Waals surface area (Å²) in [5.74, 6) is -4.02. The zero-order valence-electron chi connectivity index (χ0n) is 21.1. The number of carbonyl (C=O) groups excluding carboxylic acids is 3. The molecule has 38 heavy (non-hydrogen) atoms. The van der Waals surface area contributed by atoms with Gasteiger partial charge in [-0.25, -0.2) is 4.79 Å². The predicted octanol–water partition coefficient (Wildman–Crippen LogP) is -0.602. The first-order chi connectivity index (χ1) is 17.9. The van der Waals surface area contributed by atoms with Crippen LogP contribution in [-0.2, 0) is 32.0 Å². The Labute approximate surface area is 219 Å². The molecule has 0 saturated heterocycles. The highest BCUT2D eigenvalue weighted by atomic mass is 16.4. The molecule has 0 aliphatic heterocycles. The van der Waals surface area contributed by atoms with Crippen LogP contribution in [0.4, 0.5) is 0 Å². The van der Waals surface area contributed by atoms with E-state index in [9.17, 15) is 39.6 Å². The number of carboxylic acid groups (broad SMARTS) is 1. The summed E-state index contributed by atoms with van der Waals surface area (Å²) in [5, 5.41) is 45.3. The lowest BCUT2D eigenvalue weighted by Gasteiger charge is -2.25. The number of aliphatic carboxylic acids is 1. The molecule has 2 aromatic carbocycles. The Balaban J connectivity index is 2.14. The van der Waals surface area contributed by atoms with Gasteiger partial charge in [-0.05, 0) is 47.7 Å². The lowest BCUT2D eigenvalue weighted by atomic mass is 10.0. The summed E-state index contributed by atoms with van der Waals surface area (Å²) in [4.78, 5) is 50.1. The molecule has 0 saturated carbocycles. The number of rotatable bonds is 13. The van der Waals surface area contributed by atoms with E-state index in [2.05, 4.69) is 16.0 Å². The Hall–Kier alpha value is -4.16. The van der Waals surface area contributed by atoms with Gasteiger partial charge in [-0.15, -0.1) is 0 Å². The molecule has 0 radical (unpaired) electrons. The van der Waals surface area contributed by atoms with Gasteiger partial charge in [-0.1, -0.05) is 38.1 Å². The van der Waals surface area contributed by atoms with Crippen molar-refractivity contribution >= 4 is 23.7 Å². The molecule has 9 N–H and O–H groups in total. The van der Waals surface area contributed by atoms with Gasteiger partial charge >= 0.3 is 5.97 Å². The molecule has 206 valence electrons. The van der Waals surface area contributed by atoms with Crippen LogP contribution in [-0.4, -0.2) is 74.9 Å². The van der Waals surface area contributed by atoms with E-state index in [0.717, 1.165) is 0 Å². The number of phenolic OH excluding ortho intramolecular Hbond substituents is 2. The van der Waals surface area contributed by atoms with Crippen molar-refractivity contribution in [3.05, 3.63) is 59.7 Å². The Kier molecular flexibility index (Phi) is 11.0. The molecule has 4 atom stereocenters. The number of phenols is 2. The highest BCUT2D eigenvalue weighted by Gasteiger charge is 2.31. The van der Waals surface area contributed by atoms with Crippen LogP contribution in [0, 0.1) is 5.92 Å². The summed E-state index contributed by atoms with van der Waals surface area (Å²) in [5.41, 5.74) is 7.16. The van der Waals surface area contributed by atoms with Crippen LogP contribution in [0.5, 0.6) is 11.5 Å². The van der Waals surface area contributed by atoms with Gasteiger partial charge in [-0.2, -0.15) is 0 Å². The van der Waals surface area contributed by atoms with Crippen LogP contribution in [0.25, 0.3) is 0 Å². The fourth-order valence-corrected chi connectivity index (χ4v) is 3.57. The first kappa shape index (κ1) is 30.1. The minimum atomic E-state index is -1.44. The SMILES string of the molecule is CC(C)C(NC(=O)C(Cc1ccc(O)cc1)NC(=O)C(CO)NC(=O)C(N)Cc1ccc(O)cc1)C(=O)O. The number of aromatic hydroxyl groups is 2. The number of amides is 3. The average Bonchev–Trinajstić information content (AvgIpc) is 2.87. The number of benzene rings is 2. The van der Waals surface area contributed by atoms with Crippen molar-refractivity contribution in [2.24, 2.45) is 11.7 Å². The maximum atomic E-state index is 13.0. The molecular formula is C26H34N4O8. The van der Waals surface area contributed by atoms with Crippen molar-refractivity contribution in [1.82, 2.24) is 16.0 Å². The molecule has 0 aliphatic rings. The van der Waals surface area contributed by atoms with Crippen molar-refractivity contribution in [2.45, 2.75) is 50.9 Å². The Morgan fingerprint density at radius 1 is 0.737 bits per heavy atom. The van der Waals surface area contributed by atoms with Crippen LogP contribution in [0.2, 0.25) is 0 Å². The second kappa shape index (κ2) is 14.0. The maximum Gasteiger partial charge on any atom is 0.326 e. The van der Waals surface area contributed by atoms with E-state index in [-0.39, 0.29) is 24.3 Å². The highest BCUT2D eigenvalue weighted by molar-refractivity contribution is 5.94.